The van der Waals surface area contributed by atoms with Crippen LogP contribution in [0.3, 0.4) is 0 Å². The predicted molar refractivity (Wildman–Crippen MR) is 67.7 cm³/mol. The van der Waals surface area contributed by atoms with E-state index in [1.54, 1.807) is 0 Å². The van der Waals surface area contributed by atoms with Crippen molar-refractivity contribution in [1.82, 2.24) is 0 Å². The average Bonchev–Trinajstić information content (AvgIpc) is 2.60. The molecule has 1 heterocycles. The van der Waals surface area contributed by atoms with Gasteiger partial charge in [0.2, 0.25) is 15.2 Å². The van der Waals surface area contributed by atoms with Crippen LogP contribution < -0.4 is 0 Å². The van der Waals surface area contributed by atoms with Crippen molar-refractivity contribution in [3.63, 3.8) is 0 Å². The molecule has 1 nitrogen and oxygen atoms in total. The second-order valence-electron chi connectivity index (χ2n) is 6.01. The molecule has 0 saturated carbocycles. The zero-order valence-corrected chi connectivity index (χ0v) is 14.5. The van der Waals surface area contributed by atoms with Gasteiger partial charge < -0.3 is 4.43 Å². The minimum absolute atomic E-state index is 0.0263. The van der Waals surface area contributed by atoms with Crippen LogP contribution in [0.1, 0.15) is 12.8 Å². The van der Waals surface area contributed by atoms with E-state index in [0.29, 0.717) is 0 Å². The molecule has 0 aromatic carbocycles. The van der Waals surface area contributed by atoms with E-state index in [2.05, 4.69) is 4.43 Å². The third kappa shape index (κ3) is 3.69. The first-order valence-corrected chi connectivity index (χ1v) is 9.39. The van der Waals surface area contributed by atoms with E-state index in [-0.39, 0.29) is 12.8 Å². The normalized spacial score (nSPS) is 23.0. The minimum atomic E-state index is -7.81. The summed E-state index contributed by atoms with van der Waals surface area (Å²) in [6, 6.07) is -0.567. The lowest BCUT2D eigenvalue weighted by Crippen LogP contribution is -2.72. The van der Waals surface area contributed by atoms with Gasteiger partial charge in [0.25, 0.3) is 6.43 Å². The van der Waals surface area contributed by atoms with Gasteiger partial charge in [-0.25, -0.2) is 17.6 Å². The van der Waals surface area contributed by atoms with E-state index in [1.807, 2.05) is 0 Å². The van der Waals surface area contributed by atoms with Gasteiger partial charge in [0.05, 0.1) is 0 Å². The standard InChI is InChI=1S/C12H12F14OSi/c13-5(6(14)15)8(17,18)10(21,22)12(25,26)11(23,24)9(19,20)7(16)28-4-2-1-3-27-28/h5-7,28H,1-4H2. The first-order valence-electron chi connectivity index (χ1n) is 7.44. The van der Waals surface area contributed by atoms with E-state index < -0.39 is 69.7 Å². The van der Waals surface area contributed by atoms with E-state index in [0.717, 1.165) is 0 Å². The summed E-state index contributed by atoms with van der Waals surface area (Å²) in [5.74, 6) is -41.1. The molecular formula is C12H12F14OSi. The summed E-state index contributed by atoms with van der Waals surface area (Å²) in [5.41, 5.74) is 0. The van der Waals surface area contributed by atoms with Gasteiger partial charge in [-0.3, -0.25) is 0 Å². The maximum Gasteiger partial charge on any atom is 0.384 e. The summed E-state index contributed by atoms with van der Waals surface area (Å²) in [6.45, 7) is -0.401. The fraction of sp³-hybridized carbons (Fsp3) is 1.00. The third-order valence-corrected chi connectivity index (χ3v) is 6.79. The van der Waals surface area contributed by atoms with E-state index >= 15 is 0 Å². The van der Waals surface area contributed by atoms with Crippen LogP contribution in [0.5, 0.6) is 0 Å². The summed E-state index contributed by atoms with van der Waals surface area (Å²) in [4.78, 5) is 0. The molecule has 3 atom stereocenters. The van der Waals surface area contributed by atoms with Gasteiger partial charge in [-0.15, -0.1) is 0 Å². The van der Waals surface area contributed by atoms with Gasteiger partial charge in [0, 0.05) is 6.61 Å². The molecule has 0 spiro atoms. The van der Waals surface area contributed by atoms with Gasteiger partial charge in [-0.05, 0) is 12.5 Å². The minimum Gasteiger partial charge on any atom is -0.417 e. The highest BCUT2D eigenvalue weighted by Crippen LogP contribution is 2.59. The highest BCUT2D eigenvalue weighted by atomic mass is 28.3. The van der Waals surface area contributed by atoms with Crippen molar-refractivity contribution in [3.8, 4) is 0 Å². The molecule has 1 rings (SSSR count). The zero-order chi connectivity index (χ0) is 22.3. The van der Waals surface area contributed by atoms with Crippen LogP contribution in [0, 0.1) is 0 Å². The fourth-order valence-electron chi connectivity index (χ4n) is 2.35. The Hall–Kier alpha value is -0.803. The Morgan fingerprint density at radius 3 is 1.50 bits per heavy atom. The van der Waals surface area contributed by atoms with Crippen LogP contribution in [0.4, 0.5) is 61.5 Å². The molecule has 1 fully saturated rings. The summed E-state index contributed by atoms with van der Waals surface area (Å²) >= 11 is 0. The van der Waals surface area contributed by atoms with E-state index in [1.165, 1.54) is 0 Å². The van der Waals surface area contributed by atoms with Crippen LogP contribution in [0.25, 0.3) is 0 Å². The molecular weight excluding hydrogens is 454 g/mol. The van der Waals surface area contributed by atoms with E-state index in [9.17, 15) is 61.5 Å². The van der Waals surface area contributed by atoms with Crippen molar-refractivity contribution in [2.24, 2.45) is 0 Å². The summed E-state index contributed by atoms with van der Waals surface area (Å²) in [6.07, 6.45) is -10.3. The fourth-order valence-corrected chi connectivity index (χ4v) is 4.82. The smallest absolute Gasteiger partial charge is 0.384 e. The Kier molecular flexibility index (Phi) is 7.02. The number of hydrogen-bond acceptors (Lipinski definition) is 1. The van der Waals surface area contributed by atoms with Crippen LogP contribution in [-0.4, -0.2) is 63.7 Å². The van der Waals surface area contributed by atoms with Crippen molar-refractivity contribution in [3.05, 3.63) is 0 Å². The number of hydrogen-bond donors (Lipinski definition) is 0. The lowest BCUT2D eigenvalue weighted by molar-refractivity contribution is -0.413. The van der Waals surface area contributed by atoms with Gasteiger partial charge >= 0.3 is 29.6 Å². The van der Waals surface area contributed by atoms with Crippen molar-refractivity contribution in [2.45, 2.75) is 66.9 Å². The molecule has 3 unspecified atom stereocenters. The van der Waals surface area contributed by atoms with Gasteiger partial charge in [0.1, 0.15) is 0 Å². The molecule has 0 aromatic heterocycles. The molecule has 0 N–H and O–H groups in total. The van der Waals surface area contributed by atoms with Gasteiger partial charge in [-0.1, -0.05) is 6.42 Å². The molecule has 0 aromatic rings. The molecule has 28 heavy (non-hydrogen) atoms. The quantitative estimate of drug-likeness (QED) is 0.354. The Balaban J connectivity index is 3.34. The summed E-state index contributed by atoms with van der Waals surface area (Å²) in [7, 11) is -4.01. The number of rotatable bonds is 8. The average molecular weight is 466 g/mol. The van der Waals surface area contributed by atoms with Crippen LogP contribution in [-0.2, 0) is 4.43 Å². The first kappa shape index (κ1) is 25.2. The maximum atomic E-state index is 13.8. The maximum absolute atomic E-state index is 13.8. The van der Waals surface area contributed by atoms with Crippen molar-refractivity contribution < 1.29 is 65.9 Å². The Labute approximate surface area is 149 Å². The second-order valence-corrected chi connectivity index (χ2v) is 8.59. The molecule has 1 aliphatic rings. The molecule has 0 bridgehead atoms. The molecule has 1 saturated heterocycles. The lowest BCUT2D eigenvalue weighted by Gasteiger charge is -2.41. The first-order chi connectivity index (χ1) is 12.4. The Morgan fingerprint density at radius 2 is 1.11 bits per heavy atom. The van der Waals surface area contributed by atoms with Crippen molar-refractivity contribution >= 4 is 9.04 Å². The lowest BCUT2D eigenvalue weighted by atomic mass is 9.92. The van der Waals surface area contributed by atoms with Gasteiger partial charge in [-0.2, -0.15) is 43.9 Å². The SMILES string of the molecule is FC(F)C(F)C(F)(F)C(F)(F)C(F)(F)C(F)(F)C(F)(F)C(F)[SiH]1CCCCO1. The molecule has 0 amide bonds. The molecule has 16 heteroatoms. The highest BCUT2D eigenvalue weighted by molar-refractivity contribution is 6.53. The number of halogens is 14. The Bertz CT molecular complexity index is 532. The highest BCUT2D eigenvalue weighted by Gasteiger charge is 2.89. The van der Waals surface area contributed by atoms with Gasteiger partial charge in [0.15, 0.2) is 5.79 Å². The second kappa shape index (κ2) is 7.79. The summed E-state index contributed by atoms with van der Waals surface area (Å²) in [5, 5.41) is 0. The largest absolute Gasteiger partial charge is 0.417 e. The van der Waals surface area contributed by atoms with E-state index in [4.69, 9.17) is 0 Å². The molecule has 168 valence electrons. The topological polar surface area (TPSA) is 9.23 Å². The zero-order valence-electron chi connectivity index (χ0n) is 13.3. The number of alkyl halides is 14. The molecule has 0 aliphatic carbocycles. The summed E-state index contributed by atoms with van der Waals surface area (Å²) < 4.78 is 189. The van der Waals surface area contributed by atoms with Crippen LogP contribution in [0.2, 0.25) is 6.04 Å². The molecule has 1 aliphatic heterocycles. The monoisotopic (exact) mass is 466 g/mol. The van der Waals surface area contributed by atoms with Crippen LogP contribution >= 0.6 is 0 Å². The van der Waals surface area contributed by atoms with Crippen LogP contribution in [0.15, 0.2) is 0 Å². The van der Waals surface area contributed by atoms with Crippen molar-refractivity contribution in [1.29, 1.82) is 0 Å². The van der Waals surface area contributed by atoms with Crippen molar-refractivity contribution in [2.75, 3.05) is 6.61 Å². The third-order valence-electron chi connectivity index (χ3n) is 4.08. The Morgan fingerprint density at radius 1 is 0.643 bits per heavy atom. The molecule has 0 radical (unpaired) electrons. The predicted octanol–water partition coefficient (Wildman–Crippen LogP) is 5.18.